The first-order valence-corrected chi connectivity index (χ1v) is 12.8. The van der Waals surface area contributed by atoms with Gasteiger partial charge in [-0.15, -0.1) is 0 Å². The summed E-state index contributed by atoms with van der Waals surface area (Å²) >= 11 is 0. The molecule has 2 aromatic carbocycles. The molecule has 1 aromatic heterocycles. The highest BCUT2D eigenvalue weighted by atomic mass is 19.4. The Balaban J connectivity index is 1.90. The number of alkyl halides is 7. The van der Waals surface area contributed by atoms with Gasteiger partial charge < -0.3 is 26.8 Å². The molecule has 4 rings (SSSR count). The molecule has 1 aliphatic rings. The molecule has 0 fully saturated rings. The largest absolute Gasteiger partial charge is 0.491 e. The predicted molar refractivity (Wildman–Crippen MR) is 141 cm³/mol. The fourth-order valence-electron chi connectivity index (χ4n) is 4.61. The van der Waals surface area contributed by atoms with Gasteiger partial charge in [-0.2, -0.15) is 31.4 Å². The number of nitrogens with two attached hydrogens (primary N) is 2. The Morgan fingerprint density at radius 2 is 1.78 bits per heavy atom. The molecule has 12 nitrogen and oxygen atoms in total. The Bertz CT molecular complexity index is 1740. The summed E-state index contributed by atoms with van der Waals surface area (Å²) in [7, 11) is 0. The SMILES string of the molecule is NC(=O)c1cc(NC2=NCC(F)CN2)c2cnn(C(C(N)=O)[C@@H](CC(=O)OC(=O)C(F)(F)F)c3cc(C(F)(F)F)ccc3F)c2c1. The quantitative estimate of drug-likeness (QED) is 0.161. The molecule has 20 heteroatoms. The van der Waals surface area contributed by atoms with E-state index in [2.05, 4.69) is 25.5 Å². The van der Waals surface area contributed by atoms with Crippen molar-refractivity contribution in [2.24, 2.45) is 16.5 Å². The maximum Gasteiger partial charge on any atom is 0.491 e. The molecule has 0 spiro atoms. The minimum Gasteiger partial charge on any atom is -0.386 e. The van der Waals surface area contributed by atoms with Gasteiger partial charge in [0.15, 0.2) is 5.96 Å². The Labute approximate surface area is 251 Å². The molecule has 0 saturated carbocycles. The van der Waals surface area contributed by atoms with Gasteiger partial charge in [0.2, 0.25) is 11.8 Å². The lowest BCUT2D eigenvalue weighted by Gasteiger charge is -2.27. The Morgan fingerprint density at radius 1 is 1.09 bits per heavy atom. The van der Waals surface area contributed by atoms with Crippen LogP contribution < -0.4 is 22.1 Å². The highest BCUT2D eigenvalue weighted by Gasteiger charge is 2.44. The fourth-order valence-corrected chi connectivity index (χ4v) is 4.61. The van der Waals surface area contributed by atoms with Crippen LogP contribution in [0.15, 0.2) is 41.5 Å². The Morgan fingerprint density at radius 3 is 2.35 bits per heavy atom. The molecule has 2 amide bonds. The standard InChI is InChI=1S/C26H21F8N7O5/c27-12-7-37-24(38-8-12)40-17-3-10(21(35)43)4-18-15(17)9-39-41(18)20(22(36)44)14(6-19(42)46-23(45)26(32,33)34)13-5-11(25(29,30)31)1-2-16(13)28/h1-5,9,12,14,20H,6-8H2,(H2,35,43)(H2,36,44)(H2,37,38,40)/t14-,20?/m0/s1. The van der Waals surface area contributed by atoms with Crippen LogP contribution >= 0.6 is 0 Å². The molecule has 3 aromatic rings. The molecule has 2 unspecified atom stereocenters. The van der Waals surface area contributed by atoms with Gasteiger partial charge in [0, 0.05) is 16.9 Å². The van der Waals surface area contributed by atoms with Gasteiger partial charge in [-0.25, -0.2) is 18.6 Å². The maximum absolute atomic E-state index is 15.1. The van der Waals surface area contributed by atoms with E-state index in [-0.39, 0.29) is 47.3 Å². The van der Waals surface area contributed by atoms with Crippen molar-refractivity contribution in [3.05, 3.63) is 59.0 Å². The van der Waals surface area contributed by atoms with Gasteiger partial charge in [-0.1, -0.05) is 0 Å². The van der Waals surface area contributed by atoms with Gasteiger partial charge in [0.25, 0.3) is 0 Å². The number of nitrogens with one attached hydrogen (secondary N) is 2. The molecule has 246 valence electrons. The van der Waals surface area contributed by atoms with Crippen molar-refractivity contribution in [2.75, 3.05) is 18.4 Å². The molecule has 46 heavy (non-hydrogen) atoms. The Kier molecular flexibility index (Phi) is 9.20. The summed E-state index contributed by atoms with van der Waals surface area (Å²) in [6.07, 6.45) is -12.5. The van der Waals surface area contributed by atoms with Crippen molar-refractivity contribution < 1.29 is 59.0 Å². The van der Waals surface area contributed by atoms with Crippen LogP contribution in [0.5, 0.6) is 0 Å². The number of aromatic nitrogens is 2. The topological polar surface area (TPSA) is 184 Å². The zero-order chi connectivity index (χ0) is 34.1. The number of benzene rings is 2. The van der Waals surface area contributed by atoms with Crippen LogP contribution in [0.1, 0.15) is 39.9 Å². The minimum atomic E-state index is -5.66. The van der Waals surface area contributed by atoms with Gasteiger partial charge in [-0.05, 0) is 35.9 Å². The molecular weight excluding hydrogens is 642 g/mol. The van der Waals surface area contributed by atoms with E-state index in [1.54, 1.807) is 0 Å². The van der Waals surface area contributed by atoms with Gasteiger partial charge in [0.05, 0.1) is 42.5 Å². The molecular formula is C26H21F8N7O5. The summed E-state index contributed by atoms with van der Waals surface area (Å²) in [5, 5.41) is 9.47. The number of hydrogen-bond acceptors (Lipinski definition) is 9. The van der Waals surface area contributed by atoms with Gasteiger partial charge in [-0.3, -0.25) is 19.1 Å². The van der Waals surface area contributed by atoms with Crippen molar-refractivity contribution in [1.82, 2.24) is 15.1 Å². The number of amides is 2. The average Bonchev–Trinajstić information content (AvgIpc) is 3.36. The second kappa shape index (κ2) is 12.6. The molecule has 6 N–H and O–H groups in total. The third kappa shape index (κ3) is 7.32. The predicted octanol–water partition coefficient (Wildman–Crippen LogP) is 2.83. The van der Waals surface area contributed by atoms with E-state index < -0.39 is 77.6 Å². The number of anilines is 1. The van der Waals surface area contributed by atoms with Crippen molar-refractivity contribution in [3.63, 3.8) is 0 Å². The fraction of sp³-hybridized carbons (Fsp3) is 0.308. The number of esters is 2. The van der Waals surface area contributed by atoms with Crippen LogP contribution in [0.2, 0.25) is 0 Å². The van der Waals surface area contributed by atoms with E-state index in [1.807, 2.05) is 0 Å². The van der Waals surface area contributed by atoms with Crippen molar-refractivity contribution >= 4 is 46.3 Å². The summed E-state index contributed by atoms with van der Waals surface area (Å²) in [5.41, 5.74) is 8.06. The van der Waals surface area contributed by atoms with Gasteiger partial charge in [0.1, 0.15) is 18.0 Å². The third-order valence-corrected chi connectivity index (χ3v) is 6.68. The number of carbonyl (C=O) groups is 4. The lowest BCUT2D eigenvalue weighted by molar-refractivity contribution is -0.202. The maximum atomic E-state index is 15.1. The summed E-state index contributed by atoms with van der Waals surface area (Å²) in [5.74, 6) is -11.1. The number of guanidine groups is 1. The minimum absolute atomic E-state index is 0.0290. The average molecular weight is 663 g/mol. The molecule has 3 atom stereocenters. The molecule has 0 bridgehead atoms. The lowest BCUT2D eigenvalue weighted by Crippen LogP contribution is -2.41. The molecule has 2 heterocycles. The van der Waals surface area contributed by atoms with Crippen LogP contribution in [0.3, 0.4) is 0 Å². The van der Waals surface area contributed by atoms with E-state index in [0.717, 1.165) is 12.3 Å². The highest BCUT2D eigenvalue weighted by molar-refractivity contribution is 6.07. The van der Waals surface area contributed by atoms with E-state index in [9.17, 15) is 49.9 Å². The van der Waals surface area contributed by atoms with E-state index in [1.165, 1.54) is 6.07 Å². The third-order valence-electron chi connectivity index (χ3n) is 6.68. The second-order valence-corrected chi connectivity index (χ2v) is 9.85. The normalized spacial score (nSPS) is 16.6. The summed E-state index contributed by atoms with van der Waals surface area (Å²) in [6, 6.07) is 0.985. The monoisotopic (exact) mass is 663 g/mol. The van der Waals surface area contributed by atoms with Crippen LogP contribution in [0.25, 0.3) is 10.9 Å². The number of ether oxygens (including phenoxy) is 1. The van der Waals surface area contributed by atoms with Crippen LogP contribution in [0.4, 0.5) is 40.8 Å². The first-order chi connectivity index (χ1) is 21.4. The zero-order valence-corrected chi connectivity index (χ0v) is 22.9. The highest BCUT2D eigenvalue weighted by Crippen LogP contribution is 2.40. The zero-order valence-electron chi connectivity index (χ0n) is 22.9. The van der Waals surface area contributed by atoms with Gasteiger partial charge >= 0.3 is 24.3 Å². The molecule has 0 radical (unpaired) electrons. The van der Waals surface area contributed by atoms with E-state index in [4.69, 9.17) is 11.5 Å². The smallest absolute Gasteiger partial charge is 0.386 e. The summed E-state index contributed by atoms with van der Waals surface area (Å²) in [6.45, 7) is -0.362. The molecule has 1 aliphatic heterocycles. The van der Waals surface area contributed by atoms with E-state index in [0.29, 0.717) is 16.8 Å². The number of fused-ring (bicyclic) bond motifs is 1. The number of halogens is 8. The number of primary amides is 2. The van der Waals surface area contributed by atoms with Crippen LogP contribution in [0, 0.1) is 5.82 Å². The van der Waals surface area contributed by atoms with Crippen LogP contribution in [-0.2, 0) is 25.3 Å². The lowest BCUT2D eigenvalue weighted by atomic mass is 9.86. The molecule has 0 saturated heterocycles. The van der Waals surface area contributed by atoms with E-state index >= 15 is 4.39 Å². The van der Waals surface area contributed by atoms with Crippen molar-refractivity contribution in [1.29, 1.82) is 0 Å². The summed E-state index contributed by atoms with van der Waals surface area (Å²) < 4.78 is 112. The van der Waals surface area contributed by atoms with Crippen molar-refractivity contribution in [3.8, 4) is 0 Å². The number of hydrogen-bond donors (Lipinski definition) is 4. The first-order valence-electron chi connectivity index (χ1n) is 12.8. The number of nitrogens with zero attached hydrogens (tertiary/aromatic N) is 3. The van der Waals surface area contributed by atoms with Crippen LogP contribution in [-0.4, -0.2) is 64.9 Å². The number of rotatable bonds is 8. The number of carbonyl (C=O) groups excluding carboxylic acids is 4. The first kappa shape index (κ1) is 33.6. The molecule has 0 aliphatic carbocycles. The van der Waals surface area contributed by atoms with Crippen molar-refractivity contribution in [2.45, 2.75) is 36.9 Å². The second-order valence-electron chi connectivity index (χ2n) is 9.85. The number of aliphatic imine (C=N–C) groups is 1. The Hall–Kier alpha value is -5.30. The summed E-state index contributed by atoms with van der Waals surface area (Å²) in [4.78, 5) is 52.8.